The number of rotatable bonds is 36. The summed E-state index contributed by atoms with van der Waals surface area (Å²) in [5.74, 6) is 4.39. The van der Waals surface area contributed by atoms with Crippen molar-refractivity contribution in [3.63, 3.8) is 0 Å². The Hall–Kier alpha value is -8.91. The Labute approximate surface area is 743 Å². The van der Waals surface area contributed by atoms with E-state index in [-0.39, 0.29) is 62.2 Å². The van der Waals surface area contributed by atoms with Crippen molar-refractivity contribution in [1.82, 2.24) is 68.8 Å². The molecule has 3 aliphatic carbocycles. The normalized spacial score (nSPS) is 17.4. The SMILES string of the molecule is CCCCN(CCCC)C1CCC(Nc2nc(NCc3ccc(-c4ccccc4)cc3)c3ncn(C(C)C)c3n2)CC1.CCCCNC1CCC(Nc2nc(NCc3ccc(-c4ccccc4)cc3)c3ncn(C(C)C)c3n2)CC1.CCCC[N-]C1CCC(Nc2nc(NCc3ccc(-c4ccccc4)cc3)c3ncn(C(C)C)c3n2)CC1.[Ac]. The molecule has 0 bridgehead atoms. The van der Waals surface area contributed by atoms with Gasteiger partial charge in [0.05, 0.1) is 19.0 Å². The van der Waals surface area contributed by atoms with E-state index in [1.54, 1.807) is 0 Å². The largest absolute Gasteiger partial charge is 0.660 e. The number of nitrogens with zero attached hydrogens (tertiary/aromatic N) is 14. The van der Waals surface area contributed by atoms with Gasteiger partial charge in [-0.1, -0.05) is 236 Å². The number of aromatic nitrogens is 12. The fraction of sp³-hybridized carbons (Fsp3) is 0.474. The summed E-state index contributed by atoms with van der Waals surface area (Å²) < 4.78 is 6.38. The van der Waals surface area contributed by atoms with Gasteiger partial charge in [-0.15, -0.1) is 12.6 Å². The number of nitrogens with one attached hydrogen (secondary N) is 7. The van der Waals surface area contributed by atoms with Crippen LogP contribution in [-0.2, 0) is 19.6 Å². The summed E-state index contributed by atoms with van der Waals surface area (Å²) in [6.07, 6.45) is 29.6. The van der Waals surface area contributed by atoms with Crippen LogP contribution < -0.4 is 37.2 Å². The van der Waals surface area contributed by atoms with Gasteiger partial charge < -0.3 is 61.1 Å². The molecular formula is C97H130AcN21-. The maximum atomic E-state index is 4.97. The van der Waals surface area contributed by atoms with Crippen LogP contribution >= 0.6 is 0 Å². The van der Waals surface area contributed by atoms with Crippen LogP contribution in [0.5, 0.6) is 0 Å². The van der Waals surface area contributed by atoms with E-state index in [4.69, 9.17) is 40.2 Å². The average Bonchev–Trinajstić information content (AvgIpc) is 1.67. The molecule has 7 N–H and O–H groups in total. The molecule has 15 rings (SSSR count). The van der Waals surface area contributed by atoms with E-state index in [0.717, 1.165) is 115 Å². The minimum atomic E-state index is 0. The second-order valence-electron chi connectivity index (χ2n) is 33.5. The quantitative estimate of drug-likeness (QED) is 0.0181. The first kappa shape index (κ1) is 89.4. The molecule has 0 saturated heterocycles. The van der Waals surface area contributed by atoms with Gasteiger partial charge in [-0.25, -0.2) is 15.0 Å². The van der Waals surface area contributed by atoms with Crippen LogP contribution in [0.4, 0.5) is 35.3 Å². The number of hydrogen-bond acceptors (Lipinski definition) is 17. The molecule has 1 radical (unpaired) electrons. The number of anilines is 6. The minimum Gasteiger partial charge on any atom is -0.660 e. The molecule has 3 saturated carbocycles. The van der Waals surface area contributed by atoms with Crippen LogP contribution in [-0.4, -0.2) is 126 Å². The Morgan fingerprint density at radius 1 is 0.361 bits per heavy atom. The molecule has 0 atom stereocenters. The first-order valence-electron chi connectivity index (χ1n) is 44.6. The number of hydrogen-bond donors (Lipinski definition) is 7. The molecule has 6 aromatic heterocycles. The molecule has 0 spiro atoms. The maximum absolute atomic E-state index is 4.97. The van der Waals surface area contributed by atoms with Gasteiger partial charge in [-0.3, -0.25) is 0 Å². The van der Waals surface area contributed by atoms with Gasteiger partial charge in [-0.05, 0) is 195 Å². The summed E-state index contributed by atoms with van der Waals surface area (Å²) in [7, 11) is 0. The molecular weight excluding hydrogens is 1690 g/mol. The molecule has 0 unspecified atom stereocenters. The third-order valence-corrected chi connectivity index (χ3v) is 23.6. The van der Waals surface area contributed by atoms with Crippen molar-refractivity contribution < 1.29 is 44.1 Å². The van der Waals surface area contributed by atoms with Gasteiger partial charge in [0.2, 0.25) is 17.8 Å². The molecule has 22 heteroatoms. The Kier molecular flexibility index (Phi) is 34.3. The molecule has 6 aromatic carbocycles. The maximum Gasteiger partial charge on any atom is 0.227 e. The van der Waals surface area contributed by atoms with E-state index in [1.165, 1.54) is 140 Å². The third-order valence-electron chi connectivity index (χ3n) is 23.6. The van der Waals surface area contributed by atoms with Crippen molar-refractivity contribution in [3.05, 3.63) is 205 Å². The average molecular weight is 1820 g/mol. The van der Waals surface area contributed by atoms with Crippen LogP contribution in [0, 0.1) is 44.1 Å². The van der Waals surface area contributed by atoms with Gasteiger partial charge in [0, 0.05) is 112 Å². The zero-order chi connectivity index (χ0) is 82.0. The summed E-state index contributed by atoms with van der Waals surface area (Å²) in [6.45, 7) is 28.6. The Morgan fingerprint density at radius 3 is 1.00 bits per heavy atom. The molecule has 0 aliphatic heterocycles. The Balaban J connectivity index is 0.000000163. The van der Waals surface area contributed by atoms with Crippen LogP contribution in [0.2, 0.25) is 0 Å². The predicted octanol–water partition coefficient (Wildman–Crippen LogP) is 22.7. The number of fused-ring (bicyclic) bond motifs is 3. The van der Waals surface area contributed by atoms with Crippen molar-refractivity contribution in [2.24, 2.45) is 0 Å². The second kappa shape index (κ2) is 45.7. The van der Waals surface area contributed by atoms with E-state index >= 15 is 0 Å². The Bertz CT molecular complexity index is 4740. The van der Waals surface area contributed by atoms with Crippen LogP contribution in [0.3, 0.4) is 0 Å². The van der Waals surface area contributed by atoms with Crippen LogP contribution in [0.1, 0.15) is 232 Å². The second-order valence-corrected chi connectivity index (χ2v) is 33.5. The fourth-order valence-corrected chi connectivity index (χ4v) is 16.4. The van der Waals surface area contributed by atoms with E-state index in [0.29, 0.717) is 73.7 Å². The van der Waals surface area contributed by atoms with Gasteiger partial charge >= 0.3 is 0 Å². The summed E-state index contributed by atoms with van der Waals surface area (Å²) >= 11 is 0. The number of imidazole rings is 3. The standard InChI is InChI=1S/C35H49N7.C31H41N7.C31H40N7.Ac/c1-5-7-22-41(23-8-6-2)31-20-18-30(19-21-31)38-35-39-33(32-34(40-35)42(25-37-32)26(3)4)36-24-27-14-16-29(17-15-27)28-12-10-9-11-13-28;2*1-4-5-19-32-26-15-17-27(18-16-26)35-31-36-29(28-30(37-31)38(21-34-28)22(2)3)33-20-23-11-13-25(14-12-23)24-9-7-6-8-10-24;/h9-17,25-26,30-31H,5-8,18-24H2,1-4H3,(H2,36,38,39,40);6-14,21-22,26-27,32H,4-5,15-20H2,1-3H3,(H2,33,35,36,37);6-14,21-22,26-27H,4-5,15-20H2,1-3H3,(H2,33,35,36,37);/q;;-1;. The van der Waals surface area contributed by atoms with Crippen molar-refractivity contribution in [1.29, 1.82) is 0 Å². The zero-order valence-corrected chi connectivity index (χ0v) is 77.2. The molecule has 12 aromatic rings. The van der Waals surface area contributed by atoms with Crippen molar-refractivity contribution in [3.8, 4) is 33.4 Å². The zero-order valence-electron chi connectivity index (χ0n) is 72.4. The fourth-order valence-electron chi connectivity index (χ4n) is 16.4. The van der Waals surface area contributed by atoms with E-state index in [2.05, 4.69) is 287 Å². The molecule has 119 heavy (non-hydrogen) atoms. The third kappa shape index (κ3) is 25.1. The topological polar surface area (TPSA) is 232 Å². The predicted molar refractivity (Wildman–Crippen MR) is 491 cm³/mol. The van der Waals surface area contributed by atoms with Crippen molar-refractivity contribution in [2.75, 3.05) is 58.1 Å². The number of benzene rings is 6. The summed E-state index contributed by atoms with van der Waals surface area (Å²) in [5, 5.41) is 30.3. The van der Waals surface area contributed by atoms with Gasteiger partial charge in [0.15, 0.2) is 50.9 Å². The van der Waals surface area contributed by atoms with Gasteiger partial charge in [0.25, 0.3) is 0 Å². The molecule has 3 aliphatic rings. The molecule has 21 nitrogen and oxygen atoms in total. The summed E-state index contributed by atoms with van der Waals surface area (Å²) in [4.78, 5) is 46.4. The minimum absolute atomic E-state index is 0. The Morgan fingerprint density at radius 2 is 0.672 bits per heavy atom. The molecule has 0 amide bonds. The number of unbranched alkanes of at least 4 members (excludes halogenated alkanes) is 4. The summed E-state index contributed by atoms with van der Waals surface area (Å²) in [6, 6.07) is 61.4. The van der Waals surface area contributed by atoms with Gasteiger partial charge in [0.1, 0.15) is 0 Å². The monoisotopic (exact) mass is 1820 g/mol. The van der Waals surface area contributed by atoms with Crippen LogP contribution in [0.15, 0.2) is 183 Å². The van der Waals surface area contributed by atoms with E-state index < -0.39 is 0 Å². The first-order valence-corrected chi connectivity index (χ1v) is 44.6. The van der Waals surface area contributed by atoms with Crippen molar-refractivity contribution >= 4 is 68.8 Å². The molecule has 627 valence electrons. The van der Waals surface area contributed by atoms with Crippen molar-refractivity contribution in [2.45, 2.75) is 272 Å². The van der Waals surface area contributed by atoms with Gasteiger partial charge in [-0.2, -0.15) is 29.9 Å². The first-order chi connectivity index (χ1) is 57.8. The van der Waals surface area contributed by atoms with E-state index in [9.17, 15) is 0 Å². The molecule has 6 heterocycles. The summed E-state index contributed by atoms with van der Waals surface area (Å²) in [5.41, 5.74) is 16.0. The van der Waals surface area contributed by atoms with Crippen LogP contribution in [0.25, 0.3) is 72.2 Å². The smallest absolute Gasteiger partial charge is 0.227 e. The van der Waals surface area contributed by atoms with E-state index in [1.807, 2.05) is 31.1 Å². The molecule has 3 fully saturated rings.